The molecule has 4 rings (SSSR count). The van der Waals surface area contributed by atoms with E-state index in [4.69, 9.17) is 0 Å². The Hall–Kier alpha value is -2.98. The number of benzene rings is 1. The SMILES string of the molecule is CNS(=O)(=O)c1cccc(Nc2ncnc3[nH]c4c(c23)CC(C(=O)O)CC4)c1. The Morgan fingerprint density at radius 1 is 1.32 bits per heavy atom. The molecule has 1 aromatic carbocycles. The minimum absolute atomic E-state index is 0.132. The van der Waals surface area contributed by atoms with Crippen LogP contribution in [0.4, 0.5) is 11.5 Å². The van der Waals surface area contributed by atoms with Gasteiger partial charge >= 0.3 is 5.97 Å². The molecule has 0 spiro atoms. The molecule has 9 nitrogen and oxygen atoms in total. The normalized spacial score (nSPS) is 16.7. The van der Waals surface area contributed by atoms with Gasteiger partial charge in [0, 0.05) is 11.4 Å². The molecule has 10 heteroatoms. The van der Waals surface area contributed by atoms with E-state index in [-0.39, 0.29) is 4.90 Å². The number of hydrogen-bond donors (Lipinski definition) is 4. The molecule has 3 aromatic rings. The number of carboxylic acid groups (broad SMARTS) is 1. The fourth-order valence-electron chi connectivity index (χ4n) is 3.54. The zero-order chi connectivity index (χ0) is 19.9. The maximum atomic E-state index is 12.0. The molecule has 0 radical (unpaired) electrons. The van der Waals surface area contributed by atoms with E-state index in [1.54, 1.807) is 12.1 Å². The number of sulfonamides is 1. The average molecular weight is 401 g/mol. The second kappa shape index (κ2) is 6.88. The maximum Gasteiger partial charge on any atom is 0.306 e. The second-order valence-electron chi connectivity index (χ2n) is 6.67. The molecule has 28 heavy (non-hydrogen) atoms. The van der Waals surface area contributed by atoms with Gasteiger partial charge in [-0.15, -0.1) is 0 Å². The minimum atomic E-state index is -3.57. The number of carbonyl (C=O) groups is 1. The number of carboxylic acids is 1. The highest BCUT2D eigenvalue weighted by atomic mass is 32.2. The Labute approximate surface area is 161 Å². The summed E-state index contributed by atoms with van der Waals surface area (Å²) in [5, 5.41) is 13.3. The zero-order valence-electron chi connectivity index (χ0n) is 15.1. The largest absolute Gasteiger partial charge is 0.481 e. The van der Waals surface area contributed by atoms with Crippen LogP contribution in [0.3, 0.4) is 0 Å². The van der Waals surface area contributed by atoms with E-state index in [1.165, 1.54) is 25.5 Å². The van der Waals surface area contributed by atoms with Crippen LogP contribution in [0, 0.1) is 5.92 Å². The molecular formula is C18H19N5O4S. The highest BCUT2D eigenvalue weighted by molar-refractivity contribution is 7.89. The molecule has 0 amide bonds. The summed E-state index contributed by atoms with van der Waals surface area (Å²) in [5.41, 5.74) is 3.06. The summed E-state index contributed by atoms with van der Waals surface area (Å²) in [7, 11) is -2.21. The lowest BCUT2D eigenvalue weighted by Gasteiger charge is -2.19. The van der Waals surface area contributed by atoms with Crippen molar-refractivity contribution >= 4 is 38.5 Å². The number of aliphatic carboxylic acids is 1. The Bertz CT molecular complexity index is 1170. The average Bonchev–Trinajstić information content (AvgIpc) is 3.07. The first-order valence-corrected chi connectivity index (χ1v) is 10.2. The molecule has 0 saturated carbocycles. The van der Waals surface area contributed by atoms with Gasteiger partial charge in [-0.05, 0) is 50.1 Å². The quantitative estimate of drug-likeness (QED) is 0.511. The van der Waals surface area contributed by atoms with Crippen molar-refractivity contribution in [2.24, 2.45) is 5.92 Å². The topological polar surface area (TPSA) is 137 Å². The first kappa shape index (κ1) is 18.4. The third-order valence-corrected chi connectivity index (χ3v) is 6.41. The van der Waals surface area contributed by atoms with Crippen LogP contribution in [-0.2, 0) is 27.7 Å². The molecule has 1 aliphatic rings. The standard InChI is InChI=1S/C18H19N5O4S/c1-19-28(26,27)12-4-2-3-11(8-12)22-16-15-13-7-10(18(24)25)5-6-14(13)23-17(15)21-9-20-16/h2-4,8-10,19H,5-7H2,1H3,(H,24,25)(H2,20,21,22,23). The molecule has 0 saturated heterocycles. The minimum Gasteiger partial charge on any atom is -0.481 e. The molecule has 2 heterocycles. The first-order valence-electron chi connectivity index (χ1n) is 8.77. The summed E-state index contributed by atoms with van der Waals surface area (Å²) in [4.78, 5) is 23.4. The molecule has 1 unspecified atom stereocenters. The van der Waals surface area contributed by atoms with Crippen molar-refractivity contribution in [3.63, 3.8) is 0 Å². The molecule has 146 valence electrons. The Morgan fingerprint density at radius 3 is 2.89 bits per heavy atom. The molecule has 0 fully saturated rings. The van der Waals surface area contributed by atoms with E-state index in [1.807, 2.05) is 0 Å². The predicted octanol–water partition coefficient (Wildman–Crippen LogP) is 1.80. The highest BCUT2D eigenvalue weighted by Crippen LogP contribution is 2.35. The molecule has 1 atom stereocenters. The van der Waals surface area contributed by atoms with Gasteiger partial charge in [-0.25, -0.2) is 23.1 Å². The van der Waals surface area contributed by atoms with E-state index in [2.05, 4.69) is 25.0 Å². The van der Waals surface area contributed by atoms with Gasteiger partial charge in [-0.1, -0.05) is 6.07 Å². The van der Waals surface area contributed by atoms with Crippen molar-refractivity contribution in [1.82, 2.24) is 19.7 Å². The maximum absolute atomic E-state index is 12.0. The van der Waals surface area contributed by atoms with Crippen molar-refractivity contribution in [1.29, 1.82) is 0 Å². The Balaban J connectivity index is 1.76. The number of nitrogens with zero attached hydrogens (tertiary/aromatic N) is 2. The van der Waals surface area contributed by atoms with E-state index >= 15 is 0 Å². The lowest BCUT2D eigenvalue weighted by molar-refractivity contribution is -0.142. The van der Waals surface area contributed by atoms with Crippen molar-refractivity contribution in [2.75, 3.05) is 12.4 Å². The fourth-order valence-corrected chi connectivity index (χ4v) is 4.32. The summed E-state index contributed by atoms with van der Waals surface area (Å²) in [6, 6.07) is 6.39. The van der Waals surface area contributed by atoms with Crippen molar-refractivity contribution < 1.29 is 18.3 Å². The van der Waals surface area contributed by atoms with Gasteiger partial charge < -0.3 is 15.4 Å². The van der Waals surface area contributed by atoms with Crippen LogP contribution in [0.2, 0.25) is 0 Å². The van der Waals surface area contributed by atoms with Crippen LogP contribution in [0.15, 0.2) is 35.5 Å². The first-order chi connectivity index (χ1) is 13.4. The van der Waals surface area contributed by atoms with Gasteiger partial charge in [0.25, 0.3) is 0 Å². The number of aryl methyl sites for hydroxylation is 1. The molecule has 0 aliphatic heterocycles. The summed E-state index contributed by atoms with van der Waals surface area (Å²) >= 11 is 0. The van der Waals surface area contributed by atoms with Crippen LogP contribution in [0.5, 0.6) is 0 Å². The molecule has 1 aliphatic carbocycles. The lowest BCUT2D eigenvalue weighted by Crippen LogP contribution is -2.21. The van der Waals surface area contributed by atoms with Crippen molar-refractivity contribution in [2.45, 2.75) is 24.2 Å². The van der Waals surface area contributed by atoms with Gasteiger partial charge in [0.1, 0.15) is 17.8 Å². The van der Waals surface area contributed by atoms with Gasteiger partial charge in [0.05, 0.1) is 16.2 Å². The van der Waals surface area contributed by atoms with Gasteiger partial charge in [0.2, 0.25) is 10.0 Å². The van der Waals surface area contributed by atoms with Crippen LogP contribution in [0.1, 0.15) is 17.7 Å². The van der Waals surface area contributed by atoms with Gasteiger partial charge in [-0.2, -0.15) is 0 Å². The summed E-state index contributed by atoms with van der Waals surface area (Å²) in [6.07, 6.45) is 3.03. The molecule has 2 aromatic heterocycles. The monoisotopic (exact) mass is 401 g/mol. The van der Waals surface area contributed by atoms with Crippen LogP contribution < -0.4 is 10.0 Å². The van der Waals surface area contributed by atoms with Gasteiger partial charge in [0.15, 0.2) is 0 Å². The number of rotatable bonds is 5. The van der Waals surface area contributed by atoms with E-state index in [0.29, 0.717) is 36.4 Å². The number of fused-ring (bicyclic) bond motifs is 3. The summed E-state index contributed by atoms with van der Waals surface area (Å²) < 4.78 is 26.4. The summed E-state index contributed by atoms with van der Waals surface area (Å²) in [5.74, 6) is -0.743. The lowest BCUT2D eigenvalue weighted by atomic mass is 9.86. The van der Waals surface area contributed by atoms with Crippen LogP contribution in [-0.4, -0.2) is 41.5 Å². The number of anilines is 2. The fraction of sp³-hybridized carbons (Fsp3) is 0.278. The van der Waals surface area contributed by atoms with E-state index in [0.717, 1.165) is 16.6 Å². The molecule has 4 N–H and O–H groups in total. The van der Waals surface area contributed by atoms with Crippen molar-refractivity contribution in [3.8, 4) is 0 Å². The zero-order valence-corrected chi connectivity index (χ0v) is 15.9. The second-order valence-corrected chi connectivity index (χ2v) is 8.55. The Morgan fingerprint density at radius 2 is 2.14 bits per heavy atom. The number of hydrogen-bond acceptors (Lipinski definition) is 6. The number of aromatic nitrogens is 3. The smallest absolute Gasteiger partial charge is 0.306 e. The van der Waals surface area contributed by atoms with Gasteiger partial charge in [-0.3, -0.25) is 4.79 Å². The van der Waals surface area contributed by atoms with Crippen LogP contribution in [0.25, 0.3) is 11.0 Å². The van der Waals surface area contributed by atoms with E-state index < -0.39 is 21.9 Å². The van der Waals surface area contributed by atoms with Crippen LogP contribution >= 0.6 is 0 Å². The molecule has 0 bridgehead atoms. The Kier molecular flexibility index (Phi) is 4.52. The number of nitrogens with one attached hydrogen (secondary N) is 3. The summed E-state index contributed by atoms with van der Waals surface area (Å²) in [6.45, 7) is 0. The number of aromatic amines is 1. The predicted molar refractivity (Wildman–Crippen MR) is 103 cm³/mol. The van der Waals surface area contributed by atoms with Crippen molar-refractivity contribution in [3.05, 3.63) is 41.9 Å². The number of H-pyrrole nitrogens is 1. The highest BCUT2D eigenvalue weighted by Gasteiger charge is 2.28. The van der Waals surface area contributed by atoms with E-state index in [9.17, 15) is 18.3 Å². The molecular weight excluding hydrogens is 382 g/mol. The third kappa shape index (κ3) is 3.20. The third-order valence-electron chi connectivity index (χ3n) is 5.00.